The maximum atomic E-state index is 12.5. The number of thiophene rings is 1. The summed E-state index contributed by atoms with van der Waals surface area (Å²) in [5.41, 5.74) is -0.177. The van der Waals surface area contributed by atoms with Gasteiger partial charge in [0.15, 0.2) is 5.69 Å². The van der Waals surface area contributed by atoms with Crippen molar-refractivity contribution in [2.75, 3.05) is 5.32 Å². The Hall–Kier alpha value is -2.72. The SMILES string of the molecule is Cn1ncc(NC(=O)c2sc3cc(OC(F)F)ccc3c2Cl)c1C(=O)O. The lowest BCUT2D eigenvalue weighted by Gasteiger charge is -2.03. The van der Waals surface area contributed by atoms with Crippen LogP contribution >= 0.6 is 22.9 Å². The van der Waals surface area contributed by atoms with E-state index >= 15 is 0 Å². The molecular formula is C15H10ClF2N3O4S. The number of amides is 1. The molecular weight excluding hydrogens is 392 g/mol. The van der Waals surface area contributed by atoms with Crippen LogP contribution in [0.2, 0.25) is 5.02 Å². The third kappa shape index (κ3) is 3.33. The summed E-state index contributed by atoms with van der Waals surface area (Å²) in [5, 5.41) is 16.0. The Morgan fingerprint density at radius 2 is 2.15 bits per heavy atom. The normalized spacial score (nSPS) is 11.1. The highest BCUT2D eigenvalue weighted by molar-refractivity contribution is 7.21. The Morgan fingerprint density at radius 3 is 2.81 bits per heavy atom. The maximum Gasteiger partial charge on any atom is 0.387 e. The minimum absolute atomic E-state index is 0.0141. The van der Waals surface area contributed by atoms with Crippen LogP contribution in [0.5, 0.6) is 5.75 Å². The van der Waals surface area contributed by atoms with Crippen molar-refractivity contribution in [1.29, 1.82) is 0 Å². The summed E-state index contributed by atoms with van der Waals surface area (Å²) in [6, 6.07) is 4.13. The molecule has 0 fully saturated rings. The van der Waals surface area contributed by atoms with Gasteiger partial charge in [0, 0.05) is 17.1 Å². The number of ether oxygens (including phenoxy) is 1. The Bertz CT molecular complexity index is 1020. The molecule has 136 valence electrons. The molecule has 7 nitrogen and oxygen atoms in total. The first-order valence-electron chi connectivity index (χ1n) is 7.01. The van der Waals surface area contributed by atoms with E-state index in [4.69, 9.17) is 11.6 Å². The lowest BCUT2D eigenvalue weighted by atomic mass is 10.2. The van der Waals surface area contributed by atoms with Crippen LogP contribution in [0.3, 0.4) is 0 Å². The van der Waals surface area contributed by atoms with Gasteiger partial charge in [0.1, 0.15) is 10.6 Å². The van der Waals surface area contributed by atoms with Crippen LogP contribution in [0.1, 0.15) is 20.2 Å². The predicted octanol–water partition coefficient (Wildman–Crippen LogP) is 3.84. The minimum atomic E-state index is -2.97. The molecule has 2 aromatic heterocycles. The Balaban J connectivity index is 1.93. The first-order chi connectivity index (χ1) is 12.3. The zero-order chi connectivity index (χ0) is 19.0. The van der Waals surface area contributed by atoms with Crippen molar-refractivity contribution in [2.24, 2.45) is 7.05 Å². The smallest absolute Gasteiger partial charge is 0.387 e. The summed E-state index contributed by atoms with van der Waals surface area (Å²) >= 11 is 7.18. The number of halogens is 3. The number of aromatic nitrogens is 2. The number of carboxylic acid groups (broad SMARTS) is 1. The van der Waals surface area contributed by atoms with Crippen molar-refractivity contribution in [3.05, 3.63) is 40.0 Å². The van der Waals surface area contributed by atoms with E-state index in [1.807, 2.05) is 0 Å². The molecule has 2 N–H and O–H groups in total. The Kier molecular flexibility index (Phi) is 4.79. The van der Waals surface area contributed by atoms with Crippen molar-refractivity contribution in [2.45, 2.75) is 6.61 Å². The van der Waals surface area contributed by atoms with E-state index in [0.29, 0.717) is 10.1 Å². The molecule has 11 heteroatoms. The van der Waals surface area contributed by atoms with Crippen molar-refractivity contribution in [1.82, 2.24) is 9.78 Å². The molecule has 3 aromatic rings. The molecule has 0 aliphatic carbocycles. The second kappa shape index (κ2) is 6.89. The number of carbonyl (C=O) groups is 2. The number of fused-ring (bicyclic) bond motifs is 1. The van der Waals surface area contributed by atoms with Gasteiger partial charge in [-0.1, -0.05) is 11.6 Å². The van der Waals surface area contributed by atoms with E-state index in [1.165, 1.54) is 31.4 Å². The van der Waals surface area contributed by atoms with Crippen LogP contribution < -0.4 is 10.1 Å². The Labute approximate surface area is 153 Å². The van der Waals surface area contributed by atoms with Gasteiger partial charge < -0.3 is 15.2 Å². The van der Waals surface area contributed by atoms with Gasteiger partial charge in [-0.25, -0.2) is 4.79 Å². The van der Waals surface area contributed by atoms with Crippen LogP contribution in [0.25, 0.3) is 10.1 Å². The summed E-state index contributed by atoms with van der Waals surface area (Å²) in [6.45, 7) is -2.97. The van der Waals surface area contributed by atoms with Gasteiger partial charge >= 0.3 is 12.6 Å². The van der Waals surface area contributed by atoms with Gasteiger partial charge in [-0.05, 0) is 18.2 Å². The van der Waals surface area contributed by atoms with Gasteiger partial charge in [-0.3, -0.25) is 9.48 Å². The number of hydrogen-bond donors (Lipinski definition) is 2. The van der Waals surface area contributed by atoms with E-state index in [2.05, 4.69) is 15.2 Å². The summed E-state index contributed by atoms with van der Waals surface area (Å²) in [7, 11) is 1.43. The molecule has 0 radical (unpaired) electrons. The van der Waals surface area contributed by atoms with E-state index in [0.717, 1.165) is 16.0 Å². The van der Waals surface area contributed by atoms with Gasteiger partial charge in [-0.2, -0.15) is 13.9 Å². The minimum Gasteiger partial charge on any atom is -0.476 e. The fraction of sp³-hybridized carbons (Fsp3) is 0.133. The average molecular weight is 402 g/mol. The topological polar surface area (TPSA) is 93.5 Å². The summed E-state index contributed by atoms with van der Waals surface area (Å²) in [4.78, 5) is 23.8. The highest BCUT2D eigenvalue weighted by atomic mass is 35.5. The summed E-state index contributed by atoms with van der Waals surface area (Å²) < 4.78 is 30.5. The van der Waals surface area contributed by atoms with E-state index in [9.17, 15) is 23.5 Å². The van der Waals surface area contributed by atoms with Crippen LogP contribution in [0.15, 0.2) is 24.4 Å². The maximum absolute atomic E-state index is 12.5. The van der Waals surface area contributed by atoms with Crippen molar-refractivity contribution in [3.8, 4) is 5.75 Å². The summed E-state index contributed by atoms with van der Waals surface area (Å²) in [6.07, 6.45) is 1.21. The molecule has 1 aromatic carbocycles. The van der Waals surface area contributed by atoms with Gasteiger partial charge in [0.2, 0.25) is 0 Å². The van der Waals surface area contributed by atoms with Gasteiger partial charge in [-0.15, -0.1) is 11.3 Å². The molecule has 0 aliphatic rings. The van der Waals surface area contributed by atoms with Crippen LogP contribution in [-0.4, -0.2) is 33.4 Å². The van der Waals surface area contributed by atoms with Crippen LogP contribution in [-0.2, 0) is 7.05 Å². The summed E-state index contributed by atoms with van der Waals surface area (Å²) in [5.74, 6) is -1.95. The molecule has 0 saturated heterocycles. The first-order valence-corrected chi connectivity index (χ1v) is 8.21. The van der Waals surface area contributed by atoms with E-state index < -0.39 is 18.5 Å². The lowest BCUT2D eigenvalue weighted by Crippen LogP contribution is -2.14. The van der Waals surface area contributed by atoms with Crippen molar-refractivity contribution < 1.29 is 28.2 Å². The van der Waals surface area contributed by atoms with Crippen molar-refractivity contribution >= 4 is 50.6 Å². The molecule has 26 heavy (non-hydrogen) atoms. The van der Waals surface area contributed by atoms with E-state index in [1.54, 1.807) is 0 Å². The molecule has 0 saturated carbocycles. The molecule has 3 rings (SSSR count). The average Bonchev–Trinajstić information content (AvgIpc) is 3.07. The highest BCUT2D eigenvalue weighted by Crippen LogP contribution is 2.38. The molecule has 0 aliphatic heterocycles. The fourth-order valence-corrected chi connectivity index (χ4v) is 3.77. The largest absolute Gasteiger partial charge is 0.476 e. The number of nitrogens with one attached hydrogen (secondary N) is 1. The zero-order valence-corrected chi connectivity index (χ0v) is 14.6. The molecule has 0 unspecified atom stereocenters. The molecule has 0 spiro atoms. The van der Waals surface area contributed by atoms with Crippen molar-refractivity contribution in [3.63, 3.8) is 0 Å². The van der Waals surface area contributed by atoms with Crippen LogP contribution in [0, 0.1) is 0 Å². The number of hydrogen-bond acceptors (Lipinski definition) is 5. The number of anilines is 1. The van der Waals surface area contributed by atoms with Crippen LogP contribution in [0.4, 0.5) is 14.5 Å². The number of aryl methyl sites for hydroxylation is 1. The zero-order valence-electron chi connectivity index (χ0n) is 13.0. The second-order valence-electron chi connectivity index (χ2n) is 5.07. The first kappa shape index (κ1) is 18.1. The number of nitrogens with zero attached hydrogens (tertiary/aromatic N) is 2. The van der Waals surface area contributed by atoms with Gasteiger partial charge in [0.05, 0.1) is 16.9 Å². The third-order valence-corrected chi connectivity index (χ3v) is 5.08. The fourth-order valence-electron chi connectivity index (χ4n) is 2.33. The van der Waals surface area contributed by atoms with E-state index in [-0.39, 0.29) is 27.0 Å². The lowest BCUT2D eigenvalue weighted by molar-refractivity contribution is -0.0497. The predicted molar refractivity (Wildman–Crippen MR) is 91.6 cm³/mol. The number of alkyl halides is 2. The Morgan fingerprint density at radius 1 is 1.42 bits per heavy atom. The number of carbonyl (C=O) groups excluding carboxylic acids is 1. The number of benzene rings is 1. The highest BCUT2D eigenvalue weighted by Gasteiger charge is 2.22. The van der Waals surface area contributed by atoms with Gasteiger partial charge in [0.25, 0.3) is 5.91 Å². The number of carboxylic acids is 1. The number of rotatable bonds is 5. The monoisotopic (exact) mass is 401 g/mol. The standard InChI is InChI=1S/C15H10ClF2N3O4S/c1-21-11(14(23)24)8(5-19-21)20-13(22)12-10(16)7-3-2-6(25-15(17)18)4-9(7)26-12/h2-5,15H,1H3,(H,20,22)(H,23,24). The molecule has 2 heterocycles. The quantitative estimate of drug-likeness (QED) is 0.677. The molecule has 0 atom stereocenters. The third-order valence-electron chi connectivity index (χ3n) is 3.42. The molecule has 1 amide bonds. The number of aromatic carboxylic acids is 1. The molecule has 0 bridgehead atoms. The second-order valence-corrected chi connectivity index (χ2v) is 6.50.